The minimum Gasteiger partial charge on any atom is -0.228 e. The number of hydrogen-bond donors (Lipinski definition) is 0. The first kappa shape index (κ1) is 70.4. The van der Waals surface area contributed by atoms with Gasteiger partial charge in [0.1, 0.15) is 0 Å². The van der Waals surface area contributed by atoms with Gasteiger partial charge in [0.25, 0.3) is 0 Å². The predicted octanol–water partition coefficient (Wildman–Crippen LogP) is 28.6. The van der Waals surface area contributed by atoms with E-state index in [1.807, 2.05) is 24.3 Å². The van der Waals surface area contributed by atoms with Gasteiger partial charge < -0.3 is 0 Å². The second-order valence-corrected chi connectivity index (χ2v) is 32.8. The van der Waals surface area contributed by atoms with Crippen LogP contribution in [0, 0.1) is 0 Å². The van der Waals surface area contributed by atoms with Crippen LogP contribution in [0.2, 0.25) is 0 Å². The van der Waals surface area contributed by atoms with E-state index in [0.717, 1.165) is 101 Å². The van der Waals surface area contributed by atoms with Crippen molar-refractivity contribution < 1.29 is 0 Å². The number of nitrogens with zero attached hydrogens (tertiary/aromatic N) is 6. The van der Waals surface area contributed by atoms with Crippen molar-refractivity contribution in [3.63, 3.8) is 0 Å². The Hall–Kier alpha value is -14.5. The molecule has 0 unspecified atom stereocenters. The summed E-state index contributed by atoms with van der Waals surface area (Å²) in [5.74, 6) is 2.25. The van der Waals surface area contributed by atoms with E-state index in [1.165, 1.54) is 121 Å². The molecule has 3 aliphatic rings. The second kappa shape index (κ2) is 28.0. The van der Waals surface area contributed by atoms with Gasteiger partial charge in [-0.05, 0) is 164 Å². The molecule has 0 saturated heterocycles. The molecule has 117 heavy (non-hydrogen) atoms. The number of para-hydroxylation sites is 3. The largest absolute Gasteiger partial charge is 0.228 e. The third-order valence-corrected chi connectivity index (χ3v) is 24.9. The van der Waals surface area contributed by atoms with E-state index < -0.39 is 0 Å². The molecule has 3 aliphatic carbocycles. The van der Waals surface area contributed by atoms with E-state index in [4.69, 9.17) is 29.9 Å². The summed E-state index contributed by atoms with van der Waals surface area (Å²) in [6.07, 6.45) is 0. The summed E-state index contributed by atoms with van der Waals surface area (Å²) >= 11 is 0. The fourth-order valence-electron chi connectivity index (χ4n) is 18.8. The summed E-state index contributed by atoms with van der Waals surface area (Å²) in [5.41, 5.74) is 32.9. The molecule has 0 amide bonds. The van der Waals surface area contributed by atoms with Crippen molar-refractivity contribution in [2.45, 2.75) is 57.8 Å². The topological polar surface area (TPSA) is 77.3 Å². The highest BCUT2D eigenvalue weighted by Gasteiger charge is 2.39. The van der Waals surface area contributed by atoms with Crippen LogP contribution < -0.4 is 0 Å². The zero-order valence-electron chi connectivity index (χ0n) is 66.0. The van der Waals surface area contributed by atoms with Crippen molar-refractivity contribution in [2.75, 3.05) is 0 Å². The molecule has 554 valence electrons. The number of rotatable bonds is 8. The van der Waals surface area contributed by atoms with Gasteiger partial charge in [-0.15, -0.1) is 0 Å². The third kappa shape index (κ3) is 12.0. The van der Waals surface area contributed by atoms with E-state index in [0.29, 0.717) is 0 Å². The van der Waals surface area contributed by atoms with Gasteiger partial charge in [0.2, 0.25) is 0 Å². The Kier molecular flexibility index (Phi) is 16.8. The average Bonchev–Trinajstić information content (AvgIpc) is 1.68. The van der Waals surface area contributed by atoms with E-state index >= 15 is 0 Å². The van der Waals surface area contributed by atoms with Gasteiger partial charge in [-0.3, -0.25) is 0 Å². The summed E-state index contributed by atoms with van der Waals surface area (Å²) in [6, 6.07) is 134. The Labute approximate surface area is 681 Å². The molecule has 0 N–H and O–H groups in total. The molecular formula is C111H80N6. The van der Waals surface area contributed by atoms with Crippen LogP contribution in [-0.4, -0.2) is 29.9 Å². The van der Waals surface area contributed by atoms with Crippen LogP contribution in [0.4, 0.5) is 0 Å². The smallest absolute Gasteiger partial charge is 0.160 e. The lowest BCUT2D eigenvalue weighted by atomic mass is 9.81. The first-order chi connectivity index (χ1) is 57.3. The quantitative estimate of drug-likeness (QED) is 0.141. The van der Waals surface area contributed by atoms with E-state index in [9.17, 15) is 0 Å². The molecule has 0 bridgehead atoms. The lowest BCUT2D eigenvalue weighted by molar-refractivity contribution is 0.660. The van der Waals surface area contributed by atoms with Gasteiger partial charge in [-0.1, -0.05) is 375 Å². The highest BCUT2D eigenvalue weighted by molar-refractivity contribution is 6.26. The molecule has 0 radical (unpaired) electrons. The maximum Gasteiger partial charge on any atom is 0.160 e. The average molecular weight is 1500 g/mol. The van der Waals surface area contributed by atoms with Gasteiger partial charge in [-0.25, -0.2) is 29.9 Å². The van der Waals surface area contributed by atoms with Crippen molar-refractivity contribution in [1.29, 1.82) is 0 Å². The molecule has 0 aliphatic heterocycles. The zero-order valence-corrected chi connectivity index (χ0v) is 66.0. The summed E-state index contributed by atoms with van der Waals surface area (Å²) in [7, 11) is 0. The number of aromatic nitrogens is 6. The van der Waals surface area contributed by atoms with Crippen molar-refractivity contribution in [2.24, 2.45) is 0 Å². The highest BCUT2D eigenvalue weighted by Crippen LogP contribution is 2.54. The van der Waals surface area contributed by atoms with E-state index in [-0.39, 0.29) is 16.2 Å². The van der Waals surface area contributed by atoms with Crippen LogP contribution in [0.25, 0.3) is 189 Å². The SMILES string of the molecule is CC1(C)c2ccccc2-c2ccc(-c3nc(-c4ccc(-c5ccccc5)cc4)nc4ccccc34)cc21.CC1(C)c2ccccc2-c2ccc(-c3nc(-c4ccc5c(c4)C(C)(C)c4ccccc4-5)c4ccccc4n3)cc21.c1ccc(-c2ccc(-c3nc(-c4ccc5c6ccccc6c6ccccc6c5c4)c4ccccc4n3)cc2)cc1. The molecule has 0 saturated carbocycles. The van der Waals surface area contributed by atoms with Crippen molar-refractivity contribution in [1.82, 2.24) is 29.9 Å². The molecule has 0 spiro atoms. The van der Waals surface area contributed by atoms with Crippen molar-refractivity contribution >= 4 is 65.0 Å². The minimum atomic E-state index is -0.0673. The van der Waals surface area contributed by atoms with Gasteiger partial charge in [0, 0.05) is 65.8 Å². The highest BCUT2D eigenvalue weighted by atomic mass is 14.9. The third-order valence-electron chi connectivity index (χ3n) is 24.9. The molecule has 0 fully saturated rings. The van der Waals surface area contributed by atoms with Gasteiger partial charge in [0.05, 0.1) is 33.6 Å². The van der Waals surface area contributed by atoms with Crippen LogP contribution in [0.1, 0.15) is 74.9 Å². The second-order valence-electron chi connectivity index (χ2n) is 32.8. The Morgan fingerprint density at radius 3 is 0.769 bits per heavy atom. The molecule has 17 aromatic carbocycles. The maximum absolute atomic E-state index is 5.28. The van der Waals surface area contributed by atoms with Crippen molar-refractivity contribution in [3.05, 3.63) is 409 Å². The molecule has 6 nitrogen and oxygen atoms in total. The van der Waals surface area contributed by atoms with Crippen LogP contribution >= 0.6 is 0 Å². The van der Waals surface area contributed by atoms with Gasteiger partial charge >= 0.3 is 0 Å². The fourth-order valence-corrected chi connectivity index (χ4v) is 18.8. The molecule has 3 heterocycles. The molecule has 23 rings (SSSR count). The normalized spacial score (nSPS) is 13.4. The maximum atomic E-state index is 5.28. The van der Waals surface area contributed by atoms with E-state index in [2.05, 4.69) is 393 Å². The van der Waals surface area contributed by atoms with Crippen LogP contribution in [0.15, 0.2) is 376 Å². The number of fused-ring (bicyclic) bond motifs is 18. The summed E-state index contributed by atoms with van der Waals surface area (Å²) in [6.45, 7) is 13.9. The molecular weight excluding hydrogens is 1420 g/mol. The van der Waals surface area contributed by atoms with Crippen molar-refractivity contribution in [3.8, 4) is 124 Å². The summed E-state index contributed by atoms with van der Waals surface area (Å²) < 4.78 is 0. The summed E-state index contributed by atoms with van der Waals surface area (Å²) in [5, 5.41) is 10.8. The molecule has 6 heteroatoms. The van der Waals surface area contributed by atoms with Crippen LogP contribution in [-0.2, 0) is 16.2 Å². The Morgan fingerprint density at radius 2 is 0.393 bits per heavy atom. The first-order valence-electron chi connectivity index (χ1n) is 40.5. The predicted molar refractivity (Wildman–Crippen MR) is 487 cm³/mol. The lowest BCUT2D eigenvalue weighted by Crippen LogP contribution is -2.15. The van der Waals surface area contributed by atoms with Crippen LogP contribution in [0.3, 0.4) is 0 Å². The Morgan fingerprint density at radius 1 is 0.154 bits per heavy atom. The zero-order chi connectivity index (χ0) is 78.7. The van der Waals surface area contributed by atoms with Crippen LogP contribution in [0.5, 0.6) is 0 Å². The number of benzene rings is 17. The monoisotopic (exact) mass is 1500 g/mol. The van der Waals surface area contributed by atoms with E-state index in [1.54, 1.807) is 0 Å². The minimum absolute atomic E-state index is 0.0547. The molecule has 0 atom stereocenters. The molecule has 3 aromatic heterocycles. The fraction of sp³-hybridized carbons (Fsp3) is 0.0811. The van der Waals surface area contributed by atoms with Gasteiger partial charge in [0.15, 0.2) is 17.5 Å². The lowest BCUT2D eigenvalue weighted by Gasteiger charge is -2.22. The summed E-state index contributed by atoms with van der Waals surface area (Å²) in [4.78, 5) is 30.6. The number of hydrogen-bond acceptors (Lipinski definition) is 6. The van der Waals surface area contributed by atoms with Gasteiger partial charge in [-0.2, -0.15) is 0 Å². The first-order valence-corrected chi connectivity index (χ1v) is 40.5. The molecule has 20 aromatic rings. The Bertz CT molecular complexity index is 7350. The standard InChI is InChI=1S/C38H30N2.C38H24N2.C35H26N2/c1-37(2)30-14-8-5-11-25(30)27-19-17-23(21-32(27)37)35-29-13-7-10-16-34(29)39-36(40-35)24-18-20-28-26-12-6-9-15-31(26)38(3,4)33(28)22-24;1-2-10-25(11-3-1)26-18-20-27(21-19-26)38-39-36-17-9-8-16-34(36)37(40-38)28-22-23-33-31-14-5-4-12-29(31)30-13-6-7-15-32(30)35(33)24-28;1-35(2)30-14-8-6-12-27(30)28-21-20-26(22-31(28)35)33-29-13-7-9-15-32(29)36-34(37-33)25-18-16-24(17-19-25)23-10-4-3-5-11-23/h5-22H,1-4H3;1-24H;3-22H,1-2H3. The Balaban J connectivity index is 0.000000109.